The normalized spacial score (nSPS) is 17.0. The molecule has 0 spiro atoms. The molecule has 42 heavy (non-hydrogen) atoms. The van der Waals surface area contributed by atoms with E-state index in [4.69, 9.17) is 30.8 Å². The molecule has 1 amide bonds. The number of amides is 1. The molecule has 220 valence electrons. The second kappa shape index (κ2) is 11.8. The van der Waals surface area contributed by atoms with Crippen molar-refractivity contribution >= 4 is 40.7 Å². The summed E-state index contributed by atoms with van der Waals surface area (Å²) >= 11 is 6.40. The van der Waals surface area contributed by atoms with Crippen molar-refractivity contribution in [3.8, 4) is 22.8 Å². The molecule has 6 rings (SSSR count). The largest absolute Gasteiger partial charge is 0.496 e. The van der Waals surface area contributed by atoms with Gasteiger partial charge in [-0.15, -0.1) is 0 Å². The Morgan fingerprint density at radius 1 is 0.952 bits per heavy atom. The van der Waals surface area contributed by atoms with Gasteiger partial charge in [-0.1, -0.05) is 11.6 Å². The molecule has 0 saturated carbocycles. The lowest BCUT2D eigenvalue weighted by atomic mass is 10.1. The zero-order valence-electron chi connectivity index (χ0n) is 23.8. The summed E-state index contributed by atoms with van der Waals surface area (Å²) in [5, 5.41) is 2.99. The highest BCUT2D eigenvalue weighted by atomic mass is 35.5. The highest BCUT2D eigenvalue weighted by molar-refractivity contribution is 6.32. The number of halogens is 1. The van der Waals surface area contributed by atoms with Crippen molar-refractivity contribution in [1.29, 1.82) is 0 Å². The van der Waals surface area contributed by atoms with Gasteiger partial charge in [-0.25, -0.2) is 19.7 Å². The Kier molecular flexibility index (Phi) is 7.79. The van der Waals surface area contributed by atoms with E-state index in [1.165, 1.54) is 0 Å². The van der Waals surface area contributed by atoms with E-state index in [0.717, 1.165) is 67.4 Å². The Bertz CT molecular complexity index is 1570. The summed E-state index contributed by atoms with van der Waals surface area (Å²) in [6, 6.07) is 7.81. The summed E-state index contributed by atoms with van der Waals surface area (Å²) in [6.45, 7) is 4.76. The average Bonchev–Trinajstić information content (AvgIpc) is 3.68. The van der Waals surface area contributed by atoms with Gasteiger partial charge in [0.15, 0.2) is 0 Å². The minimum atomic E-state index is -0.411. The molecule has 5 heterocycles. The number of imidazole rings is 1. The fourth-order valence-corrected chi connectivity index (χ4v) is 5.68. The van der Waals surface area contributed by atoms with E-state index in [1.807, 2.05) is 40.2 Å². The van der Waals surface area contributed by atoms with Crippen LogP contribution in [-0.2, 0) is 4.74 Å². The standard InChI is InChI=1S/C29H33ClN8O4/c1-31-29(39)42-21-5-7-38(17-21)28-32-15-20(16-33-28)36-10-8-35(9-11-36)19-4-6-37-18-24(34-27(37)12-19)22-13-23(30)26(41-3)14-25(22)40-2/h4,6,12-16,18,21H,5,7-11,17H2,1-3H3,(H,31,39). The van der Waals surface area contributed by atoms with Gasteiger partial charge in [-0.3, -0.25) is 0 Å². The molecule has 13 heteroatoms. The number of pyridine rings is 1. The van der Waals surface area contributed by atoms with Crippen LogP contribution in [0, 0.1) is 0 Å². The number of alkyl carbamates (subject to hydrolysis) is 1. The molecule has 0 bridgehead atoms. The van der Waals surface area contributed by atoms with Crippen LogP contribution < -0.4 is 29.5 Å². The summed E-state index contributed by atoms with van der Waals surface area (Å²) in [7, 11) is 4.76. The number of hydrogen-bond donors (Lipinski definition) is 1. The van der Waals surface area contributed by atoms with Crippen molar-refractivity contribution in [2.45, 2.75) is 12.5 Å². The van der Waals surface area contributed by atoms with Crippen LogP contribution in [0.4, 0.5) is 22.1 Å². The highest BCUT2D eigenvalue weighted by Gasteiger charge is 2.27. The molecule has 0 radical (unpaired) electrons. The first-order valence-corrected chi connectivity index (χ1v) is 14.2. The van der Waals surface area contributed by atoms with E-state index in [2.05, 4.69) is 37.2 Å². The highest BCUT2D eigenvalue weighted by Crippen LogP contribution is 2.38. The van der Waals surface area contributed by atoms with Crippen molar-refractivity contribution in [3.05, 3.63) is 54.1 Å². The molecular weight excluding hydrogens is 560 g/mol. The fourth-order valence-electron chi connectivity index (χ4n) is 5.44. The van der Waals surface area contributed by atoms with Crippen LogP contribution >= 0.6 is 11.6 Å². The molecule has 1 unspecified atom stereocenters. The number of carbonyl (C=O) groups excluding carboxylic acids is 1. The third-order valence-corrected chi connectivity index (χ3v) is 8.03. The van der Waals surface area contributed by atoms with Crippen molar-refractivity contribution in [2.24, 2.45) is 0 Å². The zero-order chi connectivity index (χ0) is 29.2. The second-order valence-corrected chi connectivity index (χ2v) is 10.6. The molecule has 3 aromatic heterocycles. The smallest absolute Gasteiger partial charge is 0.407 e. The van der Waals surface area contributed by atoms with Gasteiger partial charge in [-0.05, 0) is 12.1 Å². The molecule has 2 fully saturated rings. The van der Waals surface area contributed by atoms with E-state index in [-0.39, 0.29) is 6.10 Å². The SMILES string of the molecule is CNC(=O)OC1CCN(c2ncc(N3CCN(c4ccn5cc(-c6cc(Cl)c(OC)cc6OC)nc5c4)CC3)cn2)C1. The summed E-state index contributed by atoms with van der Waals surface area (Å²) in [6.07, 6.45) is 7.95. The number of anilines is 3. The van der Waals surface area contributed by atoms with Crippen molar-refractivity contribution in [2.75, 3.05) is 75.2 Å². The van der Waals surface area contributed by atoms with Gasteiger partial charge in [0, 0.05) is 82.0 Å². The molecule has 2 aliphatic heterocycles. The summed E-state index contributed by atoms with van der Waals surface area (Å²) < 4.78 is 18.3. The number of benzene rings is 1. The molecule has 1 N–H and O–H groups in total. The van der Waals surface area contributed by atoms with E-state index >= 15 is 0 Å². The van der Waals surface area contributed by atoms with Gasteiger partial charge < -0.3 is 38.6 Å². The van der Waals surface area contributed by atoms with Gasteiger partial charge in [-0.2, -0.15) is 0 Å². The predicted octanol–water partition coefficient (Wildman–Crippen LogP) is 3.72. The maximum absolute atomic E-state index is 11.5. The van der Waals surface area contributed by atoms with Crippen LogP contribution in [0.5, 0.6) is 11.5 Å². The molecule has 2 aliphatic rings. The van der Waals surface area contributed by atoms with Crippen LogP contribution in [0.3, 0.4) is 0 Å². The van der Waals surface area contributed by atoms with Crippen molar-refractivity contribution in [3.63, 3.8) is 0 Å². The summed E-state index contributed by atoms with van der Waals surface area (Å²) in [5.41, 5.74) is 4.53. The molecule has 1 aromatic carbocycles. The maximum Gasteiger partial charge on any atom is 0.407 e. The molecule has 12 nitrogen and oxygen atoms in total. The maximum atomic E-state index is 11.5. The zero-order valence-corrected chi connectivity index (χ0v) is 24.5. The molecular formula is C29H33ClN8O4. The number of nitrogens with one attached hydrogen (secondary N) is 1. The van der Waals surface area contributed by atoms with Crippen molar-refractivity contribution < 1.29 is 19.0 Å². The van der Waals surface area contributed by atoms with Crippen LogP contribution in [0.15, 0.2) is 49.1 Å². The first-order chi connectivity index (χ1) is 20.4. The Hall–Kier alpha value is -4.45. The van der Waals surface area contributed by atoms with Crippen molar-refractivity contribution in [1.82, 2.24) is 24.7 Å². The van der Waals surface area contributed by atoms with E-state index in [1.54, 1.807) is 27.3 Å². The molecule has 4 aromatic rings. The van der Waals surface area contributed by atoms with Gasteiger partial charge in [0.1, 0.15) is 23.3 Å². The van der Waals surface area contributed by atoms with Crippen LogP contribution in [0.25, 0.3) is 16.9 Å². The number of carbonyl (C=O) groups is 1. The van der Waals surface area contributed by atoms with Crippen LogP contribution in [0.2, 0.25) is 5.02 Å². The lowest BCUT2D eigenvalue weighted by molar-refractivity contribution is 0.110. The second-order valence-electron chi connectivity index (χ2n) is 10.2. The first kappa shape index (κ1) is 27.7. The number of rotatable bonds is 7. The Labute approximate surface area is 248 Å². The lowest BCUT2D eigenvalue weighted by Crippen LogP contribution is -2.46. The monoisotopic (exact) mass is 592 g/mol. The number of fused-ring (bicyclic) bond motifs is 1. The molecule has 0 aliphatic carbocycles. The Morgan fingerprint density at radius 3 is 2.36 bits per heavy atom. The van der Waals surface area contributed by atoms with E-state index < -0.39 is 6.09 Å². The number of aromatic nitrogens is 4. The van der Waals surface area contributed by atoms with Gasteiger partial charge in [0.2, 0.25) is 5.95 Å². The third-order valence-electron chi connectivity index (χ3n) is 7.73. The van der Waals surface area contributed by atoms with E-state index in [9.17, 15) is 4.79 Å². The van der Waals surface area contributed by atoms with Gasteiger partial charge in [0.05, 0.1) is 49.6 Å². The number of ether oxygens (including phenoxy) is 3. The topological polar surface area (TPSA) is 110 Å². The number of methoxy groups -OCH3 is 2. The lowest BCUT2D eigenvalue weighted by Gasteiger charge is -2.37. The molecule has 1 atom stereocenters. The average molecular weight is 593 g/mol. The predicted molar refractivity (Wildman–Crippen MR) is 161 cm³/mol. The fraction of sp³-hybridized carbons (Fsp3) is 0.379. The minimum Gasteiger partial charge on any atom is -0.496 e. The van der Waals surface area contributed by atoms with Gasteiger partial charge >= 0.3 is 6.09 Å². The van der Waals surface area contributed by atoms with Gasteiger partial charge in [0.25, 0.3) is 0 Å². The summed E-state index contributed by atoms with van der Waals surface area (Å²) in [4.78, 5) is 32.3. The minimum absolute atomic E-state index is 0.155. The first-order valence-electron chi connectivity index (χ1n) is 13.8. The summed E-state index contributed by atoms with van der Waals surface area (Å²) in [5.74, 6) is 1.86. The number of piperazine rings is 1. The van der Waals surface area contributed by atoms with Crippen LogP contribution in [-0.4, -0.2) is 92.1 Å². The number of nitrogens with zero attached hydrogens (tertiary/aromatic N) is 7. The quantitative estimate of drug-likeness (QED) is 0.341. The Morgan fingerprint density at radius 2 is 1.67 bits per heavy atom. The Balaban J connectivity index is 1.09. The van der Waals surface area contributed by atoms with Crippen LogP contribution in [0.1, 0.15) is 6.42 Å². The third kappa shape index (κ3) is 5.54. The van der Waals surface area contributed by atoms with E-state index in [0.29, 0.717) is 29.0 Å². The molecule has 2 saturated heterocycles. The number of hydrogen-bond acceptors (Lipinski definition) is 10.